The van der Waals surface area contributed by atoms with Gasteiger partial charge in [-0.1, -0.05) is 30.3 Å². The number of hydrogen-bond acceptors (Lipinski definition) is 5. The lowest BCUT2D eigenvalue weighted by molar-refractivity contribution is -0.402. The summed E-state index contributed by atoms with van der Waals surface area (Å²) in [5.41, 5.74) is 0.471. The Morgan fingerprint density at radius 2 is 1.85 bits per heavy atom. The number of benzene rings is 1. The van der Waals surface area contributed by atoms with Gasteiger partial charge in [-0.25, -0.2) is 0 Å². The van der Waals surface area contributed by atoms with Crippen LogP contribution in [0.2, 0.25) is 0 Å². The van der Waals surface area contributed by atoms with Crippen molar-refractivity contribution in [1.29, 1.82) is 0 Å². The molecule has 0 atom stereocenters. The zero-order valence-electron chi connectivity index (χ0n) is 10.2. The van der Waals surface area contributed by atoms with Crippen LogP contribution in [0, 0.1) is 10.1 Å². The zero-order valence-corrected chi connectivity index (χ0v) is 10.2. The van der Waals surface area contributed by atoms with Crippen LogP contribution >= 0.6 is 0 Å². The number of Topliss-reactive ketones (excluding diaryl/α,β-unsaturated/α-hetero) is 1. The molecule has 0 aliphatic rings. The number of amides is 1. The molecule has 0 aliphatic heterocycles. The molecule has 0 bridgehead atoms. The highest BCUT2D eigenvalue weighted by atomic mass is 16.6. The number of nitro groups is 1. The predicted molar refractivity (Wildman–Crippen MR) is 68.5 cm³/mol. The van der Waals surface area contributed by atoms with Crippen molar-refractivity contribution in [1.82, 2.24) is 5.32 Å². The second-order valence-electron chi connectivity index (χ2n) is 3.87. The summed E-state index contributed by atoms with van der Waals surface area (Å²) in [7, 11) is 0. The summed E-state index contributed by atoms with van der Waals surface area (Å²) in [4.78, 5) is 33.0. The zero-order chi connectivity index (χ0) is 14.5. The third-order valence-electron chi connectivity index (χ3n) is 2.50. The molecule has 0 radical (unpaired) electrons. The summed E-state index contributed by atoms with van der Waals surface area (Å²) < 4.78 is 4.72. The van der Waals surface area contributed by atoms with Crippen molar-refractivity contribution < 1.29 is 18.9 Å². The van der Waals surface area contributed by atoms with Gasteiger partial charge in [0.15, 0.2) is 11.5 Å². The molecule has 1 aromatic heterocycles. The molecule has 2 rings (SSSR count). The first-order chi connectivity index (χ1) is 9.58. The van der Waals surface area contributed by atoms with Crippen LogP contribution < -0.4 is 5.32 Å². The SMILES string of the molecule is O=C(CNC(=O)c1ccc([N+](=O)[O-])o1)c1ccccc1. The number of carbonyl (C=O) groups is 2. The standard InChI is InChI=1S/C13H10N2O5/c16-10(9-4-2-1-3-5-9)8-14-13(17)11-6-7-12(20-11)15(18)19/h1-7H,8H2,(H,14,17). The van der Waals surface area contributed by atoms with E-state index < -0.39 is 16.7 Å². The van der Waals surface area contributed by atoms with Gasteiger partial charge >= 0.3 is 5.88 Å². The Hall–Kier alpha value is -2.96. The molecule has 0 saturated carbocycles. The average Bonchev–Trinajstić information content (AvgIpc) is 2.95. The van der Waals surface area contributed by atoms with Crippen LogP contribution in [0.3, 0.4) is 0 Å². The first-order valence-corrected chi connectivity index (χ1v) is 5.68. The molecule has 0 unspecified atom stereocenters. The maximum Gasteiger partial charge on any atom is 0.433 e. The molecule has 7 nitrogen and oxygen atoms in total. The lowest BCUT2D eigenvalue weighted by atomic mass is 10.1. The minimum atomic E-state index is -0.744. The molecule has 2 aromatic rings. The van der Waals surface area contributed by atoms with Crippen molar-refractivity contribution in [3.05, 3.63) is 63.9 Å². The van der Waals surface area contributed by atoms with Gasteiger partial charge in [0, 0.05) is 5.56 Å². The lowest BCUT2D eigenvalue weighted by Crippen LogP contribution is -2.29. The van der Waals surface area contributed by atoms with E-state index in [0.717, 1.165) is 6.07 Å². The monoisotopic (exact) mass is 274 g/mol. The van der Waals surface area contributed by atoms with Gasteiger partial charge in [0.25, 0.3) is 5.91 Å². The molecular formula is C13H10N2O5. The van der Waals surface area contributed by atoms with Crippen LogP contribution in [-0.4, -0.2) is 23.2 Å². The van der Waals surface area contributed by atoms with Crippen molar-refractivity contribution in [3.63, 3.8) is 0 Å². The van der Waals surface area contributed by atoms with Gasteiger partial charge in [-0.2, -0.15) is 0 Å². The molecule has 7 heteroatoms. The van der Waals surface area contributed by atoms with Crippen LogP contribution in [0.15, 0.2) is 46.9 Å². The van der Waals surface area contributed by atoms with Crippen LogP contribution in [0.1, 0.15) is 20.9 Å². The summed E-state index contributed by atoms with van der Waals surface area (Å²) >= 11 is 0. The van der Waals surface area contributed by atoms with Gasteiger partial charge in [-0.05, 0) is 6.07 Å². The molecule has 1 amide bonds. The second kappa shape index (κ2) is 5.79. The number of furan rings is 1. The first-order valence-electron chi connectivity index (χ1n) is 5.68. The molecular weight excluding hydrogens is 264 g/mol. The minimum Gasteiger partial charge on any atom is -0.395 e. The topological polar surface area (TPSA) is 102 Å². The van der Waals surface area contributed by atoms with E-state index in [1.807, 2.05) is 0 Å². The van der Waals surface area contributed by atoms with Gasteiger partial charge < -0.3 is 9.73 Å². The van der Waals surface area contributed by atoms with E-state index >= 15 is 0 Å². The van der Waals surface area contributed by atoms with E-state index in [1.165, 1.54) is 6.07 Å². The van der Waals surface area contributed by atoms with Gasteiger partial charge in [0.2, 0.25) is 0 Å². The number of nitrogens with zero attached hydrogens (tertiary/aromatic N) is 1. The number of ketones is 1. The van der Waals surface area contributed by atoms with Gasteiger partial charge in [0.05, 0.1) is 12.6 Å². The number of nitrogens with one attached hydrogen (secondary N) is 1. The van der Waals surface area contributed by atoms with Crippen LogP contribution in [-0.2, 0) is 0 Å². The molecule has 1 heterocycles. The Bertz CT molecular complexity index is 648. The summed E-state index contributed by atoms with van der Waals surface area (Å²) in [6.07, 6.45) is 0. The van der Waals surface area contributed by atoms with E-state index in [0.29, 0.717) is 5.56 Å². The number of rotatable bonds is 5. The summed E-state index contributed by atoms with van der Waals surface area (Å²) in [6, 6.07) is 10.7. The predicted octanol–water partition coefficient (Wildman–Crippen LogP) is 1.80. The normalized spacial score (nSPS) is 10.0. The maximum absolute atomic E-state index is 11.7. The quantitative estimate of drug-likeness (QED) is 0.508. The Morgan fingerprint density at radius 3 is 2.45 bits per heavy atom. The Morgan fingerprint density at radius 1 is 1.15 bits per heavy atom. The highest BCUT2D eigenvalue weighted by molar-refractivity contribution is 6.01. The van der Waals surface area contributed by atoms with Crippen molar-refractivity contribution in [3.8, 4) is 0 Å². The molecule has 1 aromatic carbocycles. The third-order valence-corrected chi connectivity index (χ3v) is 2.50. The fraction of sp³-hybridized carbons (Fsp3) is 0.0769. The van der Waals surface area contributed by atoms with E-state index in [-0.39, 0.29) is 18.1 Å². The van der Waals surface area contributed by atoms with E-state index in [1.54, 1.807) is 30.3 Å². The molecule has 20 heavy (non-hydrogen) atoms. The second-order valence-corrected chi connectivity index (χ2v) is 3.87. The highest BCUT2D eigenvalue weighted by Gasteiger charge is 2.17. The van der Waals surface area contributed by atoms with Gasteiger partial charge in [-0.3, -0.25) is 19.7 Å². The summed E-state index contributed by atoms with van der Waals surface area (Å²) in [5, 5.41) is 12.8. The van der Waals surface area contributed by atoms with E-state index in [4.69, 9.17) is 4.42 Å². The smallest absolute Gasteiger partial charge is 0.395 e. The highest BCUT2D eigenvalue weighted by Crippen LogP contribution is 2.15. The Labute approximate surface area is 113 Å². The fourth-order valence-electron chi connectivity index (χ4n) is 1.52. The molecule has 1 N–H and O–H groups in total. The van der Waals surface area contributed by atoms with Crippen molar-refractivity contribution in [2.24, 2.45) is 0 Å². The summed E-state index contributed by atoms with van der Waals surface area (Å²) in [5.74, 6) is -1.68. The molecule has 102 valence electrons. The average molecular weight is 274 g/mol. The molecule has 0 saturated heterocycles. The van der Waals surface area contributed by atoms with E-state index in [9.17, 15) is 19.7 Å². The maximum atomic E-state index is 11.7. The number of hydrogen-bond donors (Lipinski definition) is 1. The molecule has 0 fully saturated rings. The number of carbonyl (C=O) groups excluding carboxylic acids is 2. The van der Waals surface area contributed by atoms with Gasteiger partial charge in [0.1, 0.15) is 4.92 Å². The Kier molecular flexibility index (Phi) is 3.90. The fourth-order valence-corrected chi connectivity index (χ4v) is 1.52. The van der Waals surface area contributed by atoms with Crippen molar-refractivity contribution >= 4 is 17.6 Å². The van der Waals surface area contributed by atoms with Gasteiger partial charge in [-0.15, -0.1) is 0 Å². The molecule has 0 spiro atoms. The first kappa shape index (κ1) is 13.5. The van der Waals surface area contributed by atoms with E-state index in [2.05, 4.69) is 5.32 Å². The third kappa shape index (κ3) is 3.08. The largest absolute Gasteiger partial charge is 0.433 e. The minimum absolute atomic E-state index is 0.211. The lowest BCUT2D eigenvalue weighted by Gasteiger charge is -2.02. The summed E-state index contributed by atoms with van der Waals surface area (Å²) in [6.45, 7) is -0.211. The molecule has 0 aliphatic carbocycles. The van der Waals surface area contributed by atoms with Crippen molar-refractivity contribution in [2.45, 2.75) is 0 Å². The van der Waals surface area contributed by atoms with Crippen molar-refractivity contribution in [2.75, 3.05) is 6.54 Å². The van der Waals surface area contributed by atoms with Crippen LogP contribution in [0.25, 0.3) is 0 Å². The Balaban J connectivity index is 1.95. The van der Waals surface area contributed by atoms with Crippen LogP contribution in [0.4, 0.5) is 5.88 Å². The van der Waals surface area contributed by atoms with Crippen LogP contribution in [0.5, 0.6) is 0 Å².